The van der Waals surface area contributed by atoms with E-state index in [4.69, 9.17) is 18.6 Å². The van der Waals surface area contributed by atoms with Gasteiger partial charge < -0.3 is 18.6 Å². The van der Waals surface area contributed by atoms with E-state index in [2.05, 4.69) is 45.9 Å². The van der Waals surface area contributed by atoms with Crippen molar-refractivity contribution in [3.8, 4) is 17.2 Å². The van der Waals surface area contributed by atoms with Crippen molar-refractivity contribution < 1.29 is 18.6 Å². The Morgan fingerprint density at radius 1 is 1.03 bits per heavy atom. The minimum Gasteiger partial charge on any atom is -0.492 e. The van der Waals surface area contributed by atoms with Crippen molar-refractivity contribution in [2.45, 2.75) is 73.3 Å². The highest BCUT2D eigenvalue weighted by molar-refractivity contribution is 5.91. The molecule has 33 heavy (non-hydrogen) atoms. The van der Waals surface area contributed by atoms with Gasteiger partial charge in [-0.25, -0.2) is 4.79 Å². The fourth-order valence-electron chi connectivity index (χ4n) is 3.24. The third kappa shape index (κ3) is 8.49. The maximum atomic E-state index is 12.8. The standard InChI is InChI=1S/C28H38O5/c1-7-8-9-10-18-30-23-15-12-16-24-25(23)26(32-21(4)5)27(28(29)33-24)31-19-17-22(6)14-11-13-20(2)3/h8-9,12-13,15-17,21H,7,10-11,14,18-19H2,1-6H3. The van der Waals surface area contributed by atoms with Gasteiger partial charge in [0.2, 0.25) is 5.75 Å². The highest BCUT2D eigenvalue weighted by Gasteiger charge is 2.22. The van der Waals surface area contributed by atoms with E-state index in [1.165, 1.54) is 11.1 Å². The van der Waals surface area contributed by atoms with Crippen molar-refractivity contribution in [3.05, 3.63) is 64.1 Å². The molecular formula is C28H38O5. The van der Waals surface area contributed by atoms with E-state index in [1.807, 2.05) is 26.0 Å². The van der Waals surface area contributed by atoms with Crippen LogP contribution in [0.25, 0.3) is 11.0 Å². The van der Waals surface area contributed by atoms with Crippen LogP contribution in [-0.2, 0) is 0 Å². The molecule has 5 nitrogen and oxygen atoms in total. The van der Waals surface area contributed by atoms with E-state index in [1.54, 1.807) is 12.1 Å². The molecule has 1 heterocycles. The van der Waals surface area contributed by atoms with Crippen molar-refractivity contribution in [2.75, 3.05) is 13.2 Å². The normalized spacial score (nSPS) is 11.9. The summed E-state index contributed by atoms with van der Waals surface area (Å²) in [5.74, 6) is 1.05. The molecule has 180 valence electrons. The smallest absolute Gasteiger partial charge is 0.383 e. The quantitative estimate of drug-likeness (QED) is 0.179. The molecule has 0 fully saturated rings. The first kappa shape index (κ1) is 26.3. The van der Waals surface area contributed by atoms with E-state index < -0.39 is 5.63 Å². The average molecular weight is 455 g/mol. The third-order valence-corrected chi connectivity index (χ3v) is 4.86. The van der Waals surface area contributed by atoms with Crippen molar-refractivity contribution in [1.29, 1.82) is 0 Å². The number of rotatable bonds is 13. The van der Waals surface area contributed by atoms with Gasteiger partial charge in [0, 0.05) is 0 Å². The molecular weight excluding hydrogens is 416 g/mol. The summed E-state index contributed by atoms with van der Waals surface area (Å²) in [6.07, 6.45) is 12.0. The Morgan fingerprint density at radius 2 is 1.82 bits per heavy atom. The molecule has 1 aromatic carbocycles. The summed E-state index contributed by atoms with van der Waals surface area (Å²) in [6, 6.07) is 5.40. The van der Waals surface area contributed by atoms with Gasteiger partial charge in [-0.3, -0.25) is 0 Å². The van der Waals surface area contributed by atoms with Gasteiger partial charge in [-0.05, 0) is 78.5 Å². The van der Waals surface area contributed by atoms with Gasteiger partial charge in [0.1, 0.15) is 23.3 Å². The number of fused-ring (bicyclic) bond motifs is 1. The van der Waals surface area contributed by atoms with Crippen LogP contribution in [0.2, 0.25) is 0 Å². The zero-order valence-corrected chi connectivity index (χ0v) is 20.9. The lowest BCUT2D eigenvalue weighted by Gasteiger charge is -2.17. The van der Waals surface area contributed by atoms with E-state index in [0.29, 0.717) is 29.1 Å². The van der Waals surface area contributed by atoms with E-state index >= 15 is 0 Å². The van der Waals surface area contributed by atoms with Crippen LogP contribution in [0.4, 0.5) is 0 Å². The fraction of sp³-hybridized carbons (Fsp3) is 0.464. The Kier molecular flexibility index (Phi) is 10.8. The Morgan fingerprint density at radius 3 is 2.52 bits per heavy atom. The van der Waals surface area contributed by atoms with Crippen LogP contribution in [0.3, 0.4) is 0 Å². The monoisotopic (exact) mass is 454 g/mol. The molecule has 0 aliphatic rings. The molecule has 0 saturated heterocycles. The predicted octanol–water partition coefficient (Wildman–Crippen LogP) is 7.39. The molecule has 2 rings (SSSR count). The first-order valence-corrected chi connectivity index (χ1v) is 11.8. The van der Waals surface area contributed by atoms with Crippen molar-refractivity contribution in [1.82, 2.24) is 0 Å². The van der Waals surface area contributed by atoms with Crippen LogP contribution in [0.5, 0.6) is 17.2 Å². The highest BCUT2D eigenvalue weighted by atomic mass is 16.5. The second kappa shape index (κ2) is 13.6. The number of hydrogen-bond acceptors (Lipinski definition) is 5. The van der Waals surface area contributed by atoms with Gasteiger partial charge in [-0.15, -0.1) is 0 Å². The molecule has 0 unspecified atom stereocenters. The zero-order chi connectivity index (χ0) is 24.2. The molecule has 0 amide bonds. The lowest BCUT2D eigenvalue weighted by atomic mass is 10.1. The molecule has 0 bridgehead atoms. The minimum atomic E-state index is -0.559. The average Bonchev–Trinajstić information content (AvgIpc) is 2.74. The van der Waals surface area contributed by atoms with Crippen LogP contribution < -0.4 is 19.8 Å². The molecule has 1 aromatic heterocycles. The summed E-state index contributed by atoms with van der Waals surface area (Å²) in [7, 11) is 0. The van der Waals surface area contributed by atoms with E-state index in [0.717, 1.165) is 25.7 Å². The number of ether oxygens (including phenoxy) is 3. The number of hydrogen-bond donors (Lipinski definition) is 0. The summed E-state index contributed by atoms with van der Waals surface area (Å²) in [6.45, 7) is 13.0. The molecule has 0 spiro atoms. The molecule has 2 aromatic rings. The maximum absolute atomic E-state index is 12.8. The molecule has 0 N–H and O–H groups in total. The molecule has 0 atom stereocenters. The minimum absolute atomic E-state index is 0.0754. The molecule has 5 heteroatoms. The Bertz CT molecular complexity index is 1040. The highest BCUT2D eigenvalue weighted by Crippen LogP contribution is 2.39. The van der Waals surface area contributed by atoms with Crippen LogP contribution in [0.1, 0.15) is 67.2 Å². The number of allylic oxidation sites excluding steroid dienone is 4. The Labute approximate surface area is 197 Å². The van der Waals surface area contributed by atoms with Crippen molar-refractivity contribution >= 4 is 11.0 Å². The maximum Gasteiger partial charge on any atom is 0.383 e. The third-order valence-electron chi connectivity index (χ3n) is 4.86. The SMILES string of the molecule is CCC=CCCOc1cccc2oc(=O)c(OCC=C(C)CCC=C(C)C)c(OC(C)C)c12. The summed E-state index contributed by atoms with van der Waals surface area (Å²) in [4.78, 5) is 12.8. The van der Waals surface area contributed by atoms with Crippen LogP contribution in [-0.4, -0.2) is 19.3 Å². The Balaban J connectivity index is 2.33. The van der Waals surface area contributed by atoms with E-state index in [-0.39, 0.29) is 18.5 Å². The van der Waals surface area contributed by atoms with Gasteiger partial charge in [0.15, 0.2) is 5.75 Å². The fourth-order valence-corrected chi connectivity index (χ4v) is 3.24. The molecule has 0 saturated carbocycles. The van der Waals surface area contributed by atoms with Crippen molar-refractivity contribution in [3.63, 3.8) is 0 Å². The van der Waals surface area contributed by atoms with Gasteiger partial charge in [0.25, 0.3) is 0 Å². The lowest BCUT2D eigenvalue weighted by molar-refractivity contribution is 0.223. The number of benzene rings is 1. The van der Waals surface area contributed by atoms with Crippen LogP contribution >= 0.6 is 0 Å². The summed E-state index contributed by atoms with van der Waals surface area (Å²) in [5.41, 5.74) is 2.37. The van der Waals surface area contributed by atoms with Crippen LogP contribution in [0.15, 0.2) is 62.9 Å². The summed E-state index contributed by atoms with van der Waals surface area (Å²) >= 11 is 0. The van der Waals surface area contributed by atoms with Gasteiger partial charge in [0.05, 0.1) is 12.7 Å². The summed E-state index contributed by atoms with van der Waals surface area (Å²) in [5, 5.41) is 0.615. The zero-order valence-electron chi connectivity index (χ0n) is 20.9. The first-order valence-electron chi connectivity index (χ1n) is 11.8. The molecule has 0 aliphatic carbocycles. The van der Waals surface area contributed by atoms with Gasteiger partial charge in [-0.1, -0.05) is 42.4 Å². The van der Waals surface area contributed by atoms with Crippen LogP contribution in [0, 0.1) is 0 Å². The Hall–Kier alpha value is -2.95. The molecule has 0 aliphatic heterocycles. The lowest BCUT2D eigenvalue weighted by Crippen LogP contribution is -2.14. The largest absolute Gasteiger partial charge is 0.492 e. The second-order valence-electron chi connectivity index (χ2n) is 8.54. The predicted molar refractivity (Wildman–Crippen MR) is 136 cm³/mol. The molecule has 0 radical (unpaired) electrons. The van der Waals surface area contributed by atoms with Crippen molar-refractivity contribution in [2.24, 2.45) is 0 Å². The second-order valence-corrected chi connectivity index (χ2v) is 8.54. The van der Waals surface area contributed by atoms with Gasteiger partial charge in [-0.2, -0.15) is 0 Å². The topological polar surface area (TPSA) is 57.9 Å². The summed E-state index contributed by atoms with van der Waals surface area (Å²) < 4.78 is 23.6. The van der Waals surface area contributed by atoms with E-state index in [9.17, 15) is 4.79 Å². The van der Waals surface area contributed by atoms with Gasteiger partial charge >= 0.3 is 5.63 Å². The first-order chi connectivity index (χ1) is 15.8.